The maximum absolute atomic E-state index is 11.1. The number of methoxy groups -OCH3 is 1. The predicted molar refractivity (Wildman–Crippen MR) is 110 cm³/mol. The number of carbonyl (C=O) groups is 1. The fourth-order valence-electron chi connectivity index (χ4n) is 3.55. The first-order valence-electron chi connectivity index (χ1n) is 10.1. The summed E-state index contributed by atoms with van der Waals surface area (Å²) in [4.78, 5) is 11.1. The first kappa shape index (κ1) is 23.1. The van der Waals surface area contributed by atoms with Gasteiger partial charge in [-0.15, -0.1) is 0 Å². The Kier molecular flexibility index (Phi) is 9.91. The zero-order valence-electron chi connectivity index (χ0n) is 16.9. The lowest BCUT2D eigenvalue weighted by Crippen LogP contribution is -2.21. The Morgan fingerprint density at radius 3 is 2.69 bits per heavy atom. The Morgan fingerprint density at radius 2 is 1.97 bits per heavy atom. The number of esters is 1. The summed E-state index contributed by atoms with van der Waals surface area (Å²) in [5.41, 5.74) is 0. The van der Waals surface area contributed by atoms with Gasteiger partial charge < -0.3 is 24.8 Å². The van der Waals surface area contributed by atoms with Gasteiger partial charge in [0.2, 0.25) is 0 Å². The van der Waals surface area contributed by atoms with Crippen molar-refractivity contribution >= 4 is 5.97 Å². The molecular formula is C23H32O6. The summed E-state index contributed by atoms with van der Waals surface area (Å²) < 4.78 is 10.1. The van der Waals surface area contributed by atoms with Crippen LogP contribution in [0, 0.1) is 11.8 Å². The molecule has 6 heteroatoms. The van der Waals surface area contributed by atoms with E-state index < -0.39 is 18.3 Å². The largest absolute Gasteiger partial charge is 0.491 e. The van der Waals surface area contributed by atoms with E-state index in [-0.39, 0.29) is 24.4 Å². The molecular weight excluding hydrogens is 372 g/mol. The molecule has 5 atom stereocenters. The summed E-state index contributed by atoms with van der Waals surface area (Å²) in [5.74, 6) is 0.135. The summed E-state index contributed by atoms with van der Waals surface area (Å²) >= 11 is 0. The molecule has 29 heavy (non-hydrogen) atoms. The van der Waals surface area contributed by atoms with Crippen LogP contribution in [0.25, 0.3) is 0 Å². The van der Waals surface area contributed by atoms with E-state index in [4.69, 9.17) is 4.74 Å². The van der Waals surface area contributed by atoms with Gasteiger partial charge in [0.15, 0.2) is 0 Å². The molecule has 1 aliphatic rings. The highest BCUT2D eigenvalue weighted by Crippen LogP contribution is 2.36. The molecule has 160 valence electrons. The number of allylic oxidation sites excluding steroid dienone is 2. The molecule has 0 unspecified atom stereocenters. The maximum atomic E-state index is 11.1. The molecule has 0 bridgehead atoms. The van der Waals surface area contributed by atoms with E-state index in [0.717, 1.165) is 12.8 Å². The summed E-state index contributed by atoms with van der Waals surface area (Å²) in [5, 5.41) is 30.7. The topological polar surface area (TPSA) is 96.2 Å². The Bertz CT molecular complexity index is 657. The molecule has 0 amide bonds. The lowest BCUT2D eigenvalue weighted by molar-refractivity contribution is -0.140. The minimum Gasteiger partial charge on any atom is -0.491 e. The van der Waals surface area contributed by atoms with Crippen LogP contribution >= 0.6 is 0 Å². The van der Waals surface area contributed by atoms with Gasteiger partial charge in [-0.1, -0.05) is 42.5 Å². The number of aliphatic hydroxyl groups excluding tert-OH is 3. The average molecular weight is 405 g/mol. The second-order valence-corrected chi connectivity index (χ2v) is 7.36. The Balaban J connectivity index is 1.80. The zero-order valence-corrected chi connectivity index (χ0v) is 16.9. The maximum Gasteiger partial charge on any atom is 0.305 e. The highest BCUT2D eigenvalue weighted by Gasteiger charge is 2.39. The van der Waals surface area contributed by atoms with Crippen molar-refractivity contribution in [2.75, 3.05) is 13.7 Å². The molecule has 0 heterocycles. The molecule has 1 fully saturated rings. The molecule has 0 radical (unpaired) electrons. The molecule has 2 rings (SSSR count). The smallest absolute Gasteiger partial charge is 0.305 e. The Labute approximate surface area is 172 Å². The highest BCUT2D eigenvalue weighted by atomic mass is 16.5. The fraction of sp³-hybridized carbons (Fsp3) is 0.522. The quantitative estimate of drug-likeness (QED) is 0.298. The van der Waals surface area contributed by atoms with E-state index in [0.29, 0.717) is 25.0 Å². The van der Waals surface area contributed by atoms with E-state index in [2.05, 4.69) is 4.74 Å². The van der Waals surface area contributed by atoms with Gasteiger partial charge in [-0.05, 0) is 37.3 Å². The molecule has 0 spiro atoms. The zero-order chi connectivity index (χ0) is 21.1. The number of carbonyl (C=O) groups excluding carboxylic acids is 1. The van der Waals surface area contributed by atoms with Crippen molar-refractivity contribution in [3.8, 4) is 5.75 Å². The van der Waals surface area contributed by atoms with E-state index in [1.54, 1.807) is 12.2 Å². The summed E-state index contributed by atoms with van der Waals surface area (Å²) in [6.07, 6.45) is 8.19. The number of hydrogen-bond acceptors (Lipinski definition) is 6. The molecule has 6 nitrogen and oxygen atoms in total. The van der Waals surface area contributed by atoms with Crippen molar-refractivity contribution in [2.24, 2.45) is 11.8 Å². The summed E-state index contributed by atoms with van der Waals surface area (Å²) in [6.45, 7) is 0.122. The second-order valence-electron chi connectivity index (χ2n) is 7.36. The molecule has 1 aromatic rings. The number of unbranched alkanes of at least 4 members (excludes halogenated alkanes) is 1. The summed E-state index contributed by atoms with van der Waals surface area (Å²) in [7, 11) is 1.38. The third-order valence-electron chi connectivity index (χ3n) is 5.19. The van der Waals surface area contributed by atoms with E-state index in [9.17, 15) is 20.1 Å². The van der Waals surface area contributed by atoms with Gasteiger partial charge in [0.1, 0.15) is 18.5 Å². The van der Waals surface area contributed by atoms with Gasteiger partial charge in [0, 0.05) is 18.8 Å². The Morgan fingerprint density at radius 1 is 1.21 bits per heavy atom. The monoisotopic (exact) mass is 404 g/mol. The third-order valence-corrected chi connectivity index (χ3v) is 5.19. The van der Waals surface area contributed by atoms with Crippen molar-refractivity contribution in [3.05, 3.63) is 54.6 Å². The first-order chi connectivity index (χ1) is 14.0. The van der Waals surface area contributed by atoms with Crippen LogP contribution in [0.3, 0.4) is 0 Å². The predicted octanol–water partition coefficient (Wildman–Crippen LogP) is 2.63. The molecule has 3 N–H and O–H groups in total. The number of hydrogen-bond donors (Lipinski definition) is 3. The van der Waals surface area contributed by atoms with Crippen molar-refractivity contribution in [1.29, 1.82) is 0 Å². The van der Waals surface area contributed by atoms with Gasteiger partial charge in [0.05, 0.1) is 19.3 Å². The normalized spacial score (nSPS) is 25.5. The lowest BCUT2D eigenvalue weighted by Gasteiger charge is -2.19. The minimum absolute atomic E-state index is 0.111. The van der Waals surface area contributed by atoms with Gasteiger partial charge in [-0.2, -0.15) is 0 Å². The number of rotatable bonds is 11. The standard InChI is InChI=1S/C23H32O6/c1-28-23(27)12-8-3-2-7-11-19-20(22(26)15-21(19)25)14-13-17(24)16-29-18-9-5-4-6-10-18/h2,4-7,9-10,13-14,17,19-22,24-26H,3,8,11-12,15-16H2,1H3/b7-2-,14-13+/t17-,19-,20-,21+,22-/m1/s1. The molecule has 1 aromatic carbocycles. The van der Waals surface area contributed by atoms with Gasteiger partial charge >= 0.3 is 5.97 Å². The Hall–Kier alpha value is -2.15. The third kappa shape index (κ3) is 8.01. The van der Waals surface area contributed by atoms with Gasteiger partial charge in [0.25, 0.3) is 0 Å². The molecule has 1 saturated carbocycles. The van der Waals surface area contributed by atoms with Crippen LogP contribution in [-0.2, 0) is 9.53 Å². The second kappa shape index (κ2) is 12.4. The minimum atomic E-state index is -0.797. The number of para-hydroxylation sites is 1. The molecule has 0 saturated heterocycles. The number of benzene rings is 1. The number of aliphatic hydroxyl groups is 3. The molecule has 0 aromatic heterocycles. The molecule has 1 aliphatic carbocycles. The van der Waals surface area contributed by atoms with Crippen LogP contribution in [-0.4, -0.2) is 53.3 Å². The SMILES string of the molecule is COC(=O)CCC/C=C\C[C@@H]1[C@@H](/C=C/[C@@H](O)COc2ccccc2)[C@H](O)C[C@@H]1O. The van der Waals surface area contributed by atoms with Crippen LogP contribution in [0.5, 0.6) is 5.75 Å². The lowest BCUT2D eigenvalue weighted by atomic mass is 9.89. The van der Waals surface area contributed by atoms with Crippen molar-refractivity contribution in [2.45, 2.75) is 50.4 Å². The first-order valence-corrected chi connectivity index (χ1v) is 10.1. The van der Waals surface area contributed by atoms with Crippen LogP contribution in [0.4, 0.5) is 0 Å². The van der Waals surface area contributed by atoms with Crippen LogP contribution in [0.1, 0.15) is 32.1 Å². The van der Waals surface area contributed by atoms with Crippen LogP contribution < -0.4 is 4.74 Å². The average Bonchev–Trinajstić information content (AvgIpc) is 3.00. The van der Waals surface area contributed by atoms with Crippen LogP contribution in [0.2, 0.25) is 0 Å². The number of ether oxygens (including phenoxy) is 2. The fourth-order valence-corrected chi connectivity index (χ4v) is 3.55. The van der Waals surface area contributed by atoms with Crippen LogP contribution in [0.15, 0.2) is 54.6 Å². The van der Waals surface area contributed by atoms with Crippen molar-refractivity contribution in [3.63, 3.8) is 0 Å². The van der Waals surface area contributed by atoms with E-state index >= 15 is 0 Å². The van der Waals surface area contributed by atoms with Gasteiger partial charge in [-0.3, -0.25) is 4.79 Å². The van der Waals surface area contributed by atoms with Gasteiger partial charge in [-0.25, -0.2) is 0 Å². The molecule has 0 aliphatic heterocycles. The van der Waals surface area contributed by atoms with E-state index in [1.165, 1.54) is 7.11 Å². The van der Waals surface area contributed by atoms with E-state index in [1.807, 2.05) is 42.5 Å². The van der Waals surface area contributed by atoms with Crippen molar-refractivity contribution < 1.29 is 29.6 Å². The van der Waals surface area contributed by atoms with Crippen molar-refractivity contribution in [1.82, 2.24) is 0 Å². The highest BCUT2D eigenvalue weighted by molar-refractivity contribution is 5.69. The summed E-state index contributed by atoms with van der Waals surface area (Å²) in [6, 6.07) is 9.26.